The van der Waals surface area contributed by atoms with Crippen LogP contribution in [-0.4, -0.2) is 30.0 Å². The Morgan fingerprint density at radius 1 is 1.04 bits per heavy atom. The molecule has 0 saturated carbocycles. The number of imidazole rings is 1. The van der Waals surface area contributed by atoms with Crippen LogP contribution in [0.1, 0.15) is 12.0 Å². The van der Waals surface area contributed by atoms with Crippen molar-refractivity contribution in [1.29, 1.82) is 0 Å². The Hall–Kier alpha value is -2.58. The van der Waals surface area contributed by atoms with E-state index >= 15 is 0 Å². The molecule has 0 fully saturated rings. The van der Waals surface area contributed by atoms with Crippen molar-refractivity contribution in [2.45, 2.75) is 17.7 Å². The molecule has 0 spiro atoms. The van der Waals surface area contributed by atoms with E-state index in [9.17, 15) is 18.3 Å². The van der Waals surface area contributed by atoms with Crippen LogP contribution in [0.25, 0.3) is 11.0 Å². The van der Waals surface area contributed by atoms with Gasteiger partial charge in [-0.2, -0.15) is 0 Å². The molecule has 0 bridgehead atoms. The SMILES string of the molecule is O=c1[nH]c2ccc(S(=O)(=O)NCCCc3cccc(O)c3)cc2[nH]1. The molecule has 3 rings (SSSR count). The molecule has 0 aliphatic carbocycles. The van der Waals surface area contributed by atoms with Gasteiger partial charge in [0.1, 0.15) is 5.75 Å². The van der Waals surface area contributed by atoms with Crippen molar-refractivity contribution in [1.82, 2.24) is 14.7 Å². The molecule has 24 heavy (non-hydrogen) atoms. The average Bonchev–Trinajstić information content (AvgIpc) is 2.91. The van der Waals surface area contributed by atoms with Gasteiger partial charge in [0, 0.05) is 6.54 Å². The van der Waals surface area contributed by atoms with Gasteiger partial charge in [0.25, 0.3) is 0 Å². The summed E-state index contributed by atoms with van der Waals surface area (Å²) in [6.45, 7) is 0.277. The molecule has 0 radical (unpaired) electrons. The standard InChI is InChI=1S/C16H17N3O4S/c20-12-5-1-3-11(9-12)4-2-8-17-24(22,23)13-6-7-14-15(10-13)19-16(21)18-14/h1,3,5-7,9-10,17,20H,2,4,8H2,(H2,18,19,21). The smallest absolute Gasteiger partial charge is 0.323 e. The second kappa shape index (κ2) is 6.50. The molecule has 0 amide bonds. The van der Waals surface area contributed by atoms with E-state index in [4.69, 9.17) is 0 Å². The Morgan fingerprint density at radius 3 is 2.62 bits per heavy atom. The summed E-state index contributed by atoms with van der Waals surface area (Å²) in [5.41, 5.74) is 1.57. The van der Waals surface area contributed by atoms with Crippen molar-refractivity contribution in [3.8, 4) is 5.75 Å². The van der Waals surface area contributed by atoms with Gasteiger partial charge in [-0.25, -0.2) is 17.9 Å². The Morgan fingerprint density at radius 2 is 1.83 bits per heavy atom. The zero-order chi connectivity index (χ0) is 17.2. The van der Waals surface area contributed by atoms with E-state index < -0.39 is 10.0 Å². The Balaban J connectivity index is 1.63. The van der Waals surface area contributed by atoms with Crippen LogP contribution in [0.15, 0.2) is 52.2 Å². The van der Waals surface area contributed by atoms with Crippen LogP contribution in [0.4, 0.5) is 0 Å². The van der Waals surface area contributed by atoms with E-state index in [1.165, 1.54) is 12.1 Å². The zero-order valence-corrected chi connectivity index (χ0v) is 13.6. The fourth-order valence-corrected chi connectivity index (χ4v) is 3.57. The highest BCUT2D eigenvalue weighted by Crippen LogP contribution is 2.15. The van der Waals surface area contributed by atoms with E-state index in [1.807, 2.05) is 6.07 Å². The molecule has 0 atom stereocenters. The topological polar surface area (TPSA) is 115 Å². The van der Waals surface area contributed by atoms with Crippen molar-refractivity contribution in [2.24, 2.45) is 0 Å². The number of aromatic amines is 2. The normalized spacial score (nSPS) is 11.8. The summed E-state index contributed by atoms with van der Waals surface area (Å²) in [6, 6.07) is 11.3. The molecule has 1 aromatic heterocycles. The summed E-state index contributed by atoms with van der Waals surface area (Å²) >= 11 is 0. The van der Waals surface area contributed by atoms with Gasteiger partial charge in [-0.05, 0) is 48.7 Å². The van der Waals surface area contributed by atoms with E-state index in [0.29, 0.717) is 23.9 Å². The highest BCUT2D eigenvalue weighted by molar-refractivity contribution is 7.89. The lowest BCUT2D eigenvalue weighted by atomic mass is 10.1. The minimum Gasteiger partial charge on any atom is -0.508 e. The third-order valence-electron chi connectivity index (χ3n) is 3.64. The second-order valence-corrected chi connectivity index (χ2v) is 7.22. The molecule has 126 valence electrons. The Bertz CT molecular complexity index is 1020. The maximum atomic E-state index is 12.3. The van der Waals surface area contributed by atoms with Crippen LogP contribution in [0.3, 0.4) is 0 Å². The zero-order valence-electron chi connectivity index (χ0n) is 12.7. The van der Waals surface area contributed by atoms with Crippen molar-refractivity contribution in [3.05, 3.63) is 58.5 Å². The lowest BCUT2D eigenvalue weighted by molar-refractivity contribution is 0.474. The molecule has 3 aromatic rings. The summed E-state index contributed by atoms with van der Waals surface area (Å²) in [6.07, 6.45) is 1.26. The fourth-order valence-electron chi connectivity index (χ4n) is 2.47. The number of nitrogens with one attached hydrogen (secondary N) is 3. The largest absolute Gasteiger partial charge is 0.508 e. The molecule has 1 heterocycles. The molecule has 0 aliphatic heterocycles. The number of benzene rings is 2. The van der Waals surface area contributed by atoms with Crippen molar-refractivity contribution >= 4 is 21.1 Å². The maximum Gasteiger partial charge on any atom is 0.323 e. The quantitative estimate of drug-likeness (QED) is 0.505. The van der Waals surface area contributed by atoms with E-state index in [-0.39, 0.29) is 22.9 Å². The number of rotatable bonds is 6. The minimum absolute atomic E-state index is 0.0996. The highest BCUT2D eigenvalue weighted by Gasteiger charge is 2.14. The molecular formula is C16H17N3O4S. The van der Waals surface area contributed by atoms with Crippen LogP contribution in [-0.2, 0) is 16.4 Å². The van der Waals surface area contributed by atoms with Gasteiger partial charge in [0.05, 0.1) is 15.9 Å². The lowest BCUT2D eigenvalue weighted by Gasteiger charge is -2.07. The second-order valence-electron chi connectivity index (χ2n) is 5.46. The van der Waals surface area contributed by atoms with Crippen LogP contribution in [0.5, 0.6) is 5.75 Å². The molecule has 0 aliphatic rings. The first-order valence-electron chi connectivity index (χ1n) is 7.44. The van der Waals surface area contributed by atoms with Crippen LogP contribution in [0.2, 0.25) is 0 Å². The third kappa shape index (κ3) is 3.66. The van der Waals surface area contributed by atoms with E-state index in [1.54, 1.807) is 24.3 Å². The molecule has 7 nitrogen and oxygen atoms in total. The van der Waals surface area contributed by atoms with E-state index in [0.717, 1.165) is 5.56 Å². The van der Waals surface area contributed by atoms with Crippen LogP contribution >= 0.6 is 0 Å². The fraction of sp³-hybridized carbons (Fsp3) is 0.188. The number of aromatic nitrogens is 2. The van der Waals surface area contributed by atoms with Gasteiger partial charge < -0.3 is 15.1 Å². The summed E-state index contributed by atoms with van der Waals surface area (Å²) in [5.74, 6) is 0.196. The molecule has 0 saturated heterocycles. The third-order valence-corrected chi connectivity index (χ3v) is 5.10. The highest BCUT2D eigenvalue weighted by atomic mass is 32.2. The van der Waals surface area contributed by atoms with Crippen molar-refractivity contribution in [2.75, 3.05) is 6.54 Å². The van der Waals surface area contributed by atoms with Gasteiger partial charge in [-0.1, -0.05) is 12.1 Å². The number of hydrogen-bond acceptors (Lipinski definition) is 4. The van der Waals surface area contributed by atoms with Gasteiger partial charge in [0.2, 0.25) is 10.0 Å². The maximum absolute atomic E-state index is 12.3. The van der Waals surface area contributed by atoms with Gasteiger partial charge >= 0.3 is 5.69 Å². The Labute approximate surface area is 138 Å². The first-order valence-corrected chi connectivity index (χ1v) is 8.92. The number of H-pyrrole nitrogens is 2. The molecule has 8 heteroatoms. The predicted molar refractivity (Wildman–Crippen MR) is 90.5 cm³/mol. The molecule has 2 aromatic carbocycles. The Kier molecular flexibility index (Phi) is 4.41. The number of aryl methyl sites for hydroxylation is 1. The average molecular weight is 347 g/mol. The first kappa shape index (κ1) is 16.3. The van der Waals surface area contributed by atoms with Crippen molar-refractivity contribution < 1.29 is 13.5 Å². The van der Waals surface area contributed by atoms with Crippen LogP contribution < -0.4 is 10.4 Å². The summed E-state index contributed by atoms with van der Waals surface area (Å²) in [5, 5.41) is 9.40. The van der Waals surface area contributed by atoms with Crippen molar-refractivity contribution in [3.63, 3.8) is 0 Å². The van der Waals surface area contributed by atoms with Crippen LogP contribution in [0, 0.1) is 0 Å². The van der Waals surface area contributed by atoms with Gasteiger partial charge in [-0.3, -0.25) is 0 Å². The summed E-state index contributed by atoms with van der Waals surface area (Å²) < 4.78 is 27.1. The number of phenols is 1. The van der Waals surface area contributed by atoms with Gasteiger partial charge in [-0.15, -0.1) is 0 Å². The lowest BCUT2D eigenvalue weighted by Crippen LogP contribution is -2.25. The summed E-state index contributed by atoms with van der Waals surface area (Å²) in [4.78, 5) is 16.4. The first-order chi connectivity index (χ1) is 11.4. The number of aromatic hydroxyl groups is 1. The number of phenolic OH excluding ortho intramolecular Hbond substituents is 1. The molecule has 4 N–H and O–H groups in total. The predicted octanol–water partition coefficient (Wildman–Crippen LogP) is 1.47. The monoisotopic (exact) mass is 347 g/mol. The summed E-state index contributed by atoms with van der Waals surface area (Å²) in [7, 11) is -3.64. The number of sulfonamides is 1. The molecule has 0 unspecified atom stereocenters. The minimum atomic E-state index is -3.64. The van der Waals surface area contributed by atoms with E-state index in [2.05, 4.69) is 14.7 Å². The van der Waals surface area contributed by atoms with Gasteiger partial charge in [0.15, 0.2) is 0 Å². The number of fused-ring (bicyclic) bond motifs is 1. The number of hydrogen-bond donors (Lipinski definition) is 4. The molecular weight excluding hydrogens is 330 g/mol.